The van der Waals surface area contributed by atoms with E-state index in [4.69, 9.17) is 4.74 Å². The Kier molecular flexibility index (Phi) is 4.55. The molecule has 0 spiro atoms. The zero-order valence-corrected chi connectivity index (χ0v) is 17.4. The number of ether oxygens (including phenoxy) is 1. The maximum absolute atomic E-state index is 12.9. The standard InChI is InChI=1S/C20H22N2O3S2/c1-21-10-12(11-23)14-9-16(21)17-13-7-5-6-8-15(13)22(19(24)25-2)18(17)20(14,26-3)27-4/h5-8,10-11,14,16H,9H2,1-4H3/t14-,16-/m1/s1. The maximum atomic E-state index is 12.9. The van der Waals surface area contributed by atoms with Gasteiger partial charge in [-0.25, -0.2) is 9.36 Å². The van der Waals surface area contributed by atoms with E-state index in [1.807, 2.05) is 31.4 Å². The highest BCUT2D eigenvalue weighted by molar-refractivity contribution is 8.16. The number of fused-ring (bicyclic) bond motifs is 6. The van der Waals surface area contributed by atoms with Crippen LogP contribution in [0.3, 0.4) is 0 Å². The predicted molar refractivity (Wildman–Crippen MR) is 111 cm³/mol. The number of nitrogens with zero attached hydrogens (tertiary/aromatic N) is 2. The van der Waals surface area contributed by atoms with E-state index in [9.17, 15) is 9.59 Å². The van der Waals surface area contributed by atoms with Crippen LogP contribution in [0.5, 0.6) is 0 Å². The Bertz CT molecular complexity index is 962. The number of rotatable bonds is 3. The lowest BCUT2D eigenvalue weighted by molar-refractivity contribution is -0.105. The topological polar surface area (TPSA) is 51.5 Å². The second kappa shape index (κ2) is 6.63. The van der Waals surface area contributed by atoms with Gasteiger partial charge in [-0.2, -0.15) is 0 Å². The summed E-state index contributed by atoms with van der Waals surface area (Å²) in [6.07, 6.45) is 7.51. The molecule has 0 amide bonds. The average Bonchev–Trinajstić information content (AvgIpc) is 3.05. The number of thioether (sulfide) groups is 2. The molecule has 1 aliphatic heterocycles. The summed E-state index contributed by atoms with van der Waals surface area (Å²) in [5.74, 6) is 0.0291. The van der Waals surface area contributed by atoms with Gasteiger partial charge < -0.3 is 9.64 Å². The zero-order chi connectivity index (χ0) is 19.3. The number of hydrogen-bond donors (Lipinski definition) is 0. The fraction of sp³-hybridized carbons (Fsp3) is 0.400. The van der Waals surface area contributed by atoms with E-state index in [-0.39, 0.29) is 18.1 Å². The van der Waals surface area contributed by atoms with Gasteiger partial charge in [0, 0.05) is 35.7 Å². The van der Waals surface area contributed by atoms with E-state index in [1.165, 1.54) is 12.7 Å². The lowest BCUT2D eigenvalue weighted by Gasteiger charge is -2.50. The van der Waals surface area contributed by atoms with Gasteiger partial charge in [-0.05, 0) is 25.0 Å². The SMILES string of the molecule is COC(=O)n1c2c(c3ccccc31)[C@H]1C[C@H](C(C=O)=CN1C)C2(SC)SC. The Hall–Kier alpha value is -1.86. The molecule has 2 aromatic rings. The van der Waals surface area contributed by atoms with E-state index < -0.39 is 4.08 Å². The number of allylic oxidation sites excluding steroid dienone is 1. The van der Waals surface area contributed by atoms with Crippen molar-refractivity contribution in [2.75, 3.05) is 26.7 Å². The van der Waals surface area contributed by atoms with Crippen molar-refractivity contribution in [1.82, 2.24) is 9.47 Å². The quantitative estimate of drug-likeness (QED) is 0.566. The molecule has 2 aliphatic rings. The van der Waals surface area contributed by atoms with Gasteiger partial charge in [-0.3, -0.25) is 4.79 Å². The molecule has 0 saturated heterocycles. The van der Waals surface area contributed by atoms with E-state index in [2.05, 4.69) is 23.5 Å². The summed E-state index contributed by atoms with van der Waals surface area (Å²) < 4.78 is 6.44. The molecule has 27 heavy (non-hydrogen) atoms. The highest BCUT2D eigenvalue weighted by atomic mass is 32.2. The largest absolute Gasteiger partial charge is 0.452 e. The van der Waals surface area contributed by atoms with Crippen molar-refractivity contribution in [3.63, 3.8) is 0 Å². The monoisotopic (exact) mass is 402 g/mol. The maximum Gasteiger partial charge on any atom is 0.418 e. The number of carbonyl (C=O) groups excluding carboxylic acids is 2. The van der Waals surface area contributed by atoms with Crippen LogP contribution in [0.15, 0.2) is 36.0 Å². The number of carbonyl (C=O) groups is 2. The number of para-hydroxylation sites is 1. The molecule has 142 valence electrons. The van der Waals surface area contributed by atoms with E-state index in [0.29, 0.717) is 0 Å². The normalized spacial score (nSPS) is 23.0. The van der Waals surface area contributed by atoms with Crippen LogP contribution in [0.25, 0.3) is 10.9 Å². The minimum atomic E-state index is -0.437. The molecule has 2 heterocycles. The molecule has 1 aliphatic carbocycles. The summed E-state index contributed by atoms with van der Waals surface area (Å²) in [4.78, 5) is 26.8. The Morgan fingerprint density at radius 3 is 2.63 bits per heavy atom. The minimum Gasteiger partial charge on any atom is -0.452 e. The second-order valence-corrected chi connectivity index (χ2v) is 9.24. The smallest absolute Gasteiger partial charge is 0.418 e. The molecule has 1 aromatic carbocycles. The molecule has 0 unspecified atom stereocenters. The molecule has 0 N–H and O–H groups in total. The minimum absolute atomic E-state index is 0.0291. The van der Waals surface area contributed by atoms with Crippen molar-refractivity contribution in [3.05, 3.63) is 47.3 Å². The van der Waals surface area contributed by atoms with Crippen LogP contribution in [0.1, 0.15) is 23.7 Å². The lowest BCUT2D eigenvalue weighted by Crippen LogP contribution is -2.45. The highest BCUT2D eigenvalue weighted by Gasteiger charge is 2.54. The first-order chi connectivity index (χ1) is 13.0. The van der Waals surface area contributed by atoms with Crippen LogP contribution in [0.4, 0.5) is 4.79 Å². The van der Waals surface area contributed by atoms with E-state index in [0.717, 1.165) is 34.9 Å². The Balaban J connectivity index is 2.16. The van der Waals surface area contributed by atoms with E-state index >= 15 is 0 Å². The van der Waals surface area contributed by atoms with Gasteiger partial charge in [-0.15, -0.1) is 23.5 Å². The average molecular weight is 403 g/mol. The summed E-state index contributed by atoms with van der Waals surface area (Å²) in [6.45, 7) is 0. The number of hydrogen-bond acceptors (Lipinski definition) is 6. The number of methoxy groups -OCH3 is 1. The summed E-state index contributed by atoms with van der Waals surface area (Å²) in [5, 5.41) is 1.07. The molecule has 7 heteroatoms. The van der Waals surface area contributed by atoms with Crippen LogP contribution in [-0.2, 0) is 13.6 Å². The molecule has 0 fully saturated rings. The predicted octanol–water partition coefficient (Wildman–Crippen LogP) is 4.22. The summed E-state index contributed by atoms with van der Waals surface area (Å²) in [5.41, 5.74) is 3.76. The Morgan fingerprint density at radius 2 is 2.00 bits per heavy atom. The molecule has 2 atom stereocenters. The van der Waals surface area contributed by atoms with Crippen LogP contribution in [0, 0.1) is 5.92 Å². The first-order valence-electron chi connectivity index (χ1n) is 8.75. The van der Waals surface area contributed by atoms with Crippen LogP contribution in [0.2, 0.25) is 0 Å². The van der Waals surface area contributed by atoms with Crippen molar-refractivity contribution in [3.8, 4) is 0 Å². The van der Waals surface area contributed by atoms with Gasteiger partial charge >= 0.3 is 6.09 Å². The van der Waals surface area contributed by atoms with E-state index in [1.54, 1.807) is 28.1 Å². The number of aromatic nitrogens is 1. The molecule has 1 aromatic heterocycles. The van der Waals surface area contributed by atoms with Gasteiger partial charge in [0.1, 0.15) is 10.4 Å². The second-order valence-electron chi connectivity index (χ2n) is 6.88. The summed E-state index contributed by atoms with van der Waals surface area (Å²) in [6, 6.07) is 8.11. The van der Waals surface area contributed by atoms with Crippen molar-refractivity contribution in [1.29, 1.82) is 0 Å². The van der Waals surface area contributed by atoms with Crippen LogP contribution in [-0.4, -0.2) is 48.5 Å². The Morgan fingerprint density at radius 1 is 1.30 bits per heavy atom. The summed E-state index contributed by atoms with van der Waals surface area (Å²) in [7, 11) is 3.42. The van der Waals surface area contributed by atoms with Gasteiger partial charge in [0.15, 0.2) is 0 Å². The fourth-order valence-corrected chi connectivity index (χ4v) is 7.19. The molecule has 0 radical (unpaired) electrons. The van der Waals surface area contributed by atoms with Gasteiger partial charge in [0.2, 0.25) is 0 Å². The van der Waals surface area contributed by atoms with Crippen LogP contribution < -0.4 is 0 Å². The summed E-state index contributed by atoms with van der Waals surface area (Å²) >= 11 is 3.40. The van der Waals surface area contributed by atoms with Crippen molar-refractivity contribution < 1.29 is 14.3 Å². The molecule has 2 bridgehead atoms. The Labute approximate surface area is 167 Å². The first kappa shape index (κ1) is 18.5. The zero-order valence-electron chi connectivity index (χ0n) is 15.8. The molecule has 0 saturated carbocycles. The molecular formula is C20H22N2O3S2. The highest BCUT2D eigenvalue weighted by Crippen LogP contribution is 2.63. The van der Waals surface area contributed by atoms with Gasteiger partial charge in [0.25, 0.3) is 0 Å². The van der Waals surface area contributed by atoms with Crippen molar-refractivity contribution in [2.45, 2.75) is 16.5 Å². The fourth-order valence-electron chi connectivity index (χ4n) is 4.70. The molecule has 4 rings (SSSR count). The molecular weight excluding hydrogens is 380 g/mol. The van der Waals surface area contributed by atoms with Crippen LogP contribution >= 0.6 is 23.5 Å². The number of benzene rings is 1. The third-order valence-electron chi connectivity index (χ3n) is 5.84. The number of aldehydes is 1. The van der Waals surface area contributed by atoms with Crippen molar-refractivity contribution in [2.24, 2.45) is 5.92 Å². The third kappa shape index (κ3) is 2.34. The lowest BCUT2D eigenvalue weighted by atomic mass is 9.76. The van der Waals surface area contributed by atoms with Gasteiger partial charge in [0.05, 0.1) is 24.4 Å². The molecule has 5 nitrogen and oxygen atoms in total. The van der Waals surface area contributed by atoms with Gasteiger partial charge in [-0.1, -0.05) is 18.2 Å². The third-order valence-corrected chi connectivity index (χ3v) is 9.01. The first-order valence-corrected chi connectivity index (χ1v) is 11.2. The van der Waals surface area contributed by atoms with Crippen molar-refractivity contribution >= 4 is 46.8 Å².